The fraction of sp³-hybridized carbons (Fsp3) is 0.353. The third-order valence-electron chi connectivity index (χ3n) is 3.70. The van der Waals surface area contributed by atoms with Gasteiger partial charge < -0.3 is 15.4 Å². The van der Waals surface area contributed by atoms with Crippen molar-refractivity contribution in [3.05, 3.63) is 47.3 Å². The van der Waals surface area contributed by atoms with Gasteiger partial charge in [0.25, 0.3) is 0 Å². The predicted octanol–water partition coefficient (Wildman–Crippen LogP) is 2.88. The van der Waals surface area contributed by atoms with E-state index in [0.29, 0.717) is 11.3 Å². The Morgan fingerprint density at radius 1 is 1.33 bits per heavy atom. The maximum Gasteiger partial charge on any atom is 0.339 e. The van der Waals surface area contributed by atoms with Gasteiger partial charge in [0.1, 0.15) is 0 Å². The zero-order chi connectivity index (χ0) is 17.7. The molecule has 0 saturated heterocycles. The summed E-state index contributed by atoms with van der Waals surface area (Å²) >= 11 is 0. The second kappa shape index (κ2) is 7.63. The summed E-state index contributed by atoms with van der Waals surface area (Å²) in [5.74, 6) is -0.501. The van der Waals surface area contributed by atoms with Gasteiger partial charge in [-0.2, -0.15) is 5.10 Å². The van der Waals surface area contributed by atoms with Crippen LogP contribution in [0.5, 0.6) is 0 Å². The smallest absolute Gasteiger partial charge is 0.339 e. The Bertz CT molecular complexity index is 739. The van der Waals surface area contributed by atoms with Gasteiger partial charge in [0.2, 0.25) is 0 Å². The van der Waals surface area contributed by atoms with Crippen molar-refractivity contribution in [2.45, 2.75) is 33.4 Å². The van der Waals surface area contributed by atoms with Crippen LogP contribution >= 0.6 is 0 Å². The fourth-order valence-electron chi connectivity index (χ4n) is 2.43. The highest BCUT2D eigenvalue weighted by Crippen LogP contribution is 2.18. The highest BCUT2D eigenvalue weighted by atomic mass is 16.5. The molecule has 7 heteroatoms. The molecule has 0 aliphatic rings. The number of para-hydroxylation sites is 1. The minimum atomic E-state index is -0.501. The summed E-state index contributed by atoms with van der Waals surface area (Å²) < 4.78 is 6.54. The Labute approximate surface area is 141 Å². The number of nitrogens with one attached hydrogen (secondary N) is 2. The van der Waals surface area contributed by atoms with E-state index in [1.807, 2.05) is 31.6 Å². The van der Waals surface area contributed by atoms with Crippen LogP contribution in [0.2, 0.25) is 0 Å². The summed E-state index contributed by atoms with van der Waals surface area (Å²) in [6.07, 6.45) is 1.92. The topological polar surface area (TPSA) is 85.2 Å². The van der Waals surface area contributed by atoms with Gasteiger partial charge in [-0.25, -0.2) is 9.59 Å². The average molecular weight is 330 g/mol. The lowest BCUT2D eigenvalue weighted by Crippen LogP contribution is -2.31. The maximum atomic E-state index is 12.2. The van der Waals surface area contributed by atoms with Crippen molar-refractivity contribution < 1.29 is 14.3 Å². The predicted molar refractivity (Wildman–Crippen MR) is 91.0 cm³/mol. The van der Waals surface area contributed by atoms with E-state index < -0.39 is 12.0 Å². The maximum absolute atomic E-state index is 12.2. The second-order valence-electron chi connectivity index (χ2n) is 5.38. The van der Waals surface area contributed by atoms with E-state index in [-0.39, 0.29) is 6.04 Å². The number of anilines is 1. The Kier molecular flexibility index (Phi) is 5.57. The van der Waals surface area contributed by atoms with E-state index in [1.54, 1.807) is 24.3 Å². The zero-order valence-corrected chi connectivity index (χ0v) is 14.3. The molecule has 2 rings (SSSR count). The van der Waals surface area contributed by atoms with Crippen molar-refractivity contribution >= 4 is 17.7 Å². The molecule has 128 valence electrons. The van der Waals surface area contributed by atoms with E-state index in [9.17, 15) is 9.59 Å². The number of methoxy groups -OCH3 is 1. The van der Waals surface area contributed by atoms with Gasteiger partial charge in [-0.1, -0.05) is 12.1 Å². The van der Waals surface area contributed by atoms with Crippen LogP contribution in [-0.2, 0) is 11.3 Å². The molecule has 1 aromatic heterocycles. The molecule has 2 N–H and O–H groups in total. The molecule has 0 radical (unpaired) electrons. The van der Waals surface area contributed by atoms with Gasteiger partial charge in [-0.3, -0.25) is 4.68 Å². The van der Waals surface area contributed by atoms with Crippen LogP contribution in [0, 0.1) is 6.92 Å². The zero-order valence-electron chi connectivity index (χ0n) is 14.3. The minimum absolute atomic E-state index is 0.212. The Hall–Kier alpha value is -2.83. The third-order valence-corrected chi connectivity index (χ3v) is 3.70. The number of esters is 1. The van der Waals surface area contributed by atoms with E-state index in [4.69, 9.17) is 4.74 Å². The molecule has 2 aromatic rings. The minimum Gasteiger partial charge on any atom is -0.465 e. The number of hydrogen-bond donors (Lipinski definition) is 2. The molecular weight excluding hydrogens is 308 g/mol. The molecule has 0 unspecified atom stereocenters. The van der Waals surface area contributed by atoms with Crippen LogP contribution in [0.4, 0.5) is 10.5 Å². The van der Waals surface area contributed by atoms with Crippen LogP contribution in [0.15, 0.2) is 30.5 Å². The number of nitrogens with zero attached hydrogens (tertiary/aromatic N) is 2. The van der Waals surface area contributed by atoms with E-state index in [1.165, 1.54) is 7.11 Å². The number of aryl methyl sites for hydroxylation is 2. The molecule has 0 aliphatic carbocycles. The van der Waals surface area contributed by atoms with Crippen LogP contribution in [0.25, 0.3) is 0 Å². The Morgan fingerprint density at radius 3 is 2.67 bits per heavy atom. The SMILES string of the molecule is CCn1cc([C@H](C)NC(=O)Nc2ccccc2C(=O)OC)c(C)n1. The molecule has 0 bridgehead atoms. The first kappa shape index (κ1) is 17.5. The fourth-order valence-corrected chi connectivity index (χ4v) is 2.43. The van der Waals surface area contributed by atoms with Gasteiger partial charge in [0.05, 0.1) is 30.1 Å². The Morgan fingerprint density at radius 2 is 2.04 bits per heavy atom. The molecule has 0 aliphatic heterocycles. The monoisotopic (exact) mass is 330 g/mol. The highest BCUT2D eigenvalue weighted by molar-refractivity contribution is 6.00. The first-order valence-corrected chi connectivity index (χ1v) is 7.75. The first-order valence-electron chi connectivity index (χ1n) is 7.75. The number of benzene rings is 1. The van der Waals surface area contributed by atoms with E-state index >= 15 is 0 Å². The van der Waals surface area contributed by atoms with Crippen molar-refractivity contribution in [3.8, 4) is 0 Å². The molecular formula is C17H22N4O3. The molecule has 0 saturated carbocycles. The average Bonchev–Trinajstić information content (AvgIpc) is 2.95. The highest BCUT2D eigenvalue weighted by Gasteiger charge is 2.17. The molecule has 1 aromatic carbocycles. The van der Waals surface area contributed by atoms with Crippen LogP contribution in [0.1, 0.15) is 41.5 Å². The standard InChI is InChI=1S/C17H22N4O3/c1-5-21-10-14(12(3)20-21)11(2)18-17(23)19-15-9-7-6-8-13(15)16(22)24-4/h6-11H,5H2,1-4H3,(H2,18,19,23)/t11-/m0/s1. The van der Waals surface area contributed by atoms with Gasteiger partial charge in [0, 0.05) is 18.3 Å². The third kappa shape index (κ3) is 3.92. The van der Waals surface area contributed by atoms with Crippen molar-refractivity contribution in [3.63, 3.8) is 0 Å². The molecule has 7 nitrogen and oxygen atoms in total. The number of carbonyl (C=O) groups excluding carboxylic acids is 2. The molecule has 0 fully saturated rings. The lowest BCUT2D eigenvalue weighted by Gasteiger charge is -2.15. The number of aromatic nitrogens is 2. The number of amides is 2. The Balaban J connectivity index is 2.08. The van der Waals surface area contributed by atoms with Gasteiger partial charge in [-0.05, 0) is 32.9 Å². The summed E-state index contributed by atoms with van der Waals surface area (Å²) in [7, 11) is 1.30. The molecule has 1 heterocycles. The number of carbonyl (C=O) groups is 2. The van der Waals surface area contributed by atoms with E-state index in [0.717, 1.165) is 17.8 Å². The quantitative estimate of drug-likeness (QED) is 0.826. The summed E-state index contributed by atoms with van der Waals surface area (Å²) in [6, 6.07) is 6.08. The summed E-state index contributed by atoms with van der Waals surface area (Å²) in [4.78, 5) is 24.0. The summed E-state index contributed by atoms with van der Waals surface area (Å²) in [5.41, 5.74) is 2.53. The van der Waals surface area contributed by atoms with Gasteiger partial charge in [-0.15, -0.1) is 0 Å². The summed E-state index contributed by atoms with van der Waals surface area (Å²) in [5, 5.41) is 9.91. The lowest BCUT2D eigenvalue weighted by atomic mass is 10.1. The second-order valence-corrected chi connectivity index (χ2v) is 5.38. The van der Waals surface area contributed by atoms with Gasteiger partial charge in [0.15, 0.2) is 0 Å². The molecule has 2 amide bonds. The lowest BCUT2D eigenvalue weighted by molar-refractivity contribution is 0.0602. The molecule has 1 atom stereocenters. The molecule has 0 spiro atoms. The first-order chi connectivity index (χ1) is 11.5. The number of hydrogen-bond acceptors (Lipinski definition) is 4. The number of urea groups is 1. The number of ether oxygens (including phenoxy) is 1. The van der Waals surface area contributed by atoms with Gasteiger partial charge >= 0.3 is 12.0 Å². The van der Waals surface area contributed by atoms with Crippen LogP contribution in [-0.4, -0.2) is 28.9 Å². The van der Waals surface area contributed by atoms with Crippen molar-refractivity contribution in [1.29, 1.82) is 0 Å². The largest absolute Gasteiger partial charge is 0.465 e. The molecule has 24 heavy (non-hydrogen) atoms. The normalized spacial score (nSPS) is 11.7. The summed E-state index contributed by atoms with van der Waals surface area (Å²) in [6.45, 7) is 6.57. The number of rotatable bonds is 5. The van der Waals surface area contributed by atoms with Crippen molar-refractivity contribution in [2.24, 2.45) is 0 Å². The van der Waals surface area contributed by atoms with Crippen molar-refractivity contribution in [1.82, 2.24) is 15.1 Å². The van der Waals surface area contributed by atoms with Crippen molar-refractivity contribution in [2.75, 3.05) is 12.4 Å². The van der Waals surface area contributed by atoms with E-state index in [2.05, 4.69) is 15.7 Å². The van der Waals surface area contributed by atoms with Crippen LogP contribution in [0.3, 0.4) is 0 Å². The van der Waals surface area contributed by atoms with Crippen LogP contribution < -0.4 is 10.6 Å².